The number of rotatable bonds is 2. The molecule has 0 unspecified atom stereocenters. The highest BCUT2D eigenvalue weighted by molar-refractivity contribution is 7.57. The Morgan fingerprint density at radius 1 is 1.62 bits per heavy atom. The van der Waals surface area contributed by atoms with E-state index in [1.54, 1.807) is 13.0 Å². The van der Waals surface area contributed by atoms with Crippen LogP contribution in [-0.4, -0.2) is 5.91 Å². The monoisotopic (exact) mass is 203 g/mol. The molecule has 0 saturated heterocycles. The average molecular weight is 203 g/mol. The number of amides is 1. The van der Waals surface area contributed by atoms with Gasteiger partial charge in [0.05, 0.1) is 6.26 Å². The summed E-state index contributed by atoms with van der Waals surface area (Å²) in [6, 6.07) is 1.60. The molecule has 13 heavy (non-hydrogen) atoms. The van der Waals surface area contributed by atoms with Gasteiger partial charge in [-0.25, -0.2) is 0 Å². The predicted octanol–water partition coefficient (Wildman–Crippen LogP) is 0.343. The second-order valence-electron chi connectivity index (χ2n) is 2.58. The van der Waals surface area contributed by atoms with Crippen molar-refractivity contribution in [2.45, 2.75) is 6.92 Å². The van der Waals surface area contributed by atoms with E-state index < -0.39 is 13.5 Å². The molecule has 0 bridgehead atoms. The van der Waals surface area contributed by atoms with Gasteiger partial charge in [-0.05, 0) is 13.0 Å². The highest BCUT2D eigenvalue weighted by atomic mass is 31.2. The molecule has 1 aromatic heterocycles. The van der Waals surface area contributed by atoms with Crippen LogP contribution in [0, 0.1) is 6.92 Å². The molecule has 0 spiro atoms. The first kappa shape index (κ1) is 9.98. The molecule has 0 atom stereocenters. The first-order chi connectivity index (χ1) is 5.90. The third kappa shape index (κ3) is 2.69. The van der Waals surface area contributed by atoms with Crippen LogP contribution >= 0.6 is 7.59 Å². The molecule has 1 rings (SSSR count). The predicted molar refractivity (Wildman–Crippen MR) is 46.9 cm³/mol. The largest absolute Gasteiger partial charge is 0.459 e. The molecule has 0 aliphatic rings. The van der Waals surface area contributed by atoms with Gasteiger partial charge in [0, 0.05) is 5.56 Å². The number of nitrogens with two attached hydrogens (primary N) is 2. The summed E-state index contributed by atoms with van der Waals surface area (Å²) in [5.74, 6) is -0.605. The van der Waals surface area contributed by atoms with E-state index in [4.69, 9.17) is 15.4 Å². The lowest BCUT2D eigenvalue weighted by Gasteiger charge is -2.06. The Kier molecular flexibility index (Phi) is 2.56. The second kappa shape index (κ2) is 3.33. The zero-order chi connectivity index (χ0) is 10.1. The van der Waals surface area contributed by atoms with Crippen molar-refractivity contribution in [2.24, 2.45) is 11.0 Å². The average Bonchev–Trinajstić information content (AvgIpc) is 2.30. The van der Waals surface area contributed by atoms with Gasteiger partial charge in [-0.3, -0.25) is 25.5 Å². The fourth-order valence-electron chi connectivity index (χ4n) is 0.815. The first-order valence-corrected chi connectivity index (χ1v) is 5.28. The van der Waals surface area contributed by atoms with Crippen molar-refractivity contribution in [1.82, 2.24) is 5.09 Å². The zero-order valence-corrected chi connectivity index (χ0v) is 7.88. The first-order valence-electron chi connectivity index (χ1n) is 3.44. The highest BCUT2D eigenvalue weighted by Crippen LogP contribution is 2.19. The van der Waals surface area contributed by atoms with Crippen LogP contribution < -0.4 is 16.1 Å². The van der Waals surface area contributed by atoms with Gasteiger partial charge in [0.15, 0.2) is 5.76 Å². The minimum absolute atomic E-state index is 0.0659. The number of aryl methyl sites for hydroxylation is 1. The molecule has 5 N–H and O–H groups in total. The summed E-state index contributed by atoms with van der Waals surface area (Å²) >= 11 is 0. The van der Waals surface area contributed by atoms with Crippen molar-refractivity contribution < 1.29 is 13.8 Å². The Hall–Kier alpha value is -1.10. The summed E-state index contributed by atoms with van der Waals surface area (Å²) in [6.45, 7) is 1.68. The summed E-state index contributed by atoms with van der Waals surface area (Å²) in [4.78, 5) is 11.2. The number of furan rings is 1. The molecule has 6 nitrogen and oxygen atoms in total. The van der Waals surface area contributed by atoms with Gasteiger partial charge >= 0.3 is 7.59 Å². The minimum Gasteiger partial charge on any atom is -0.459 e. The molecule has 0 aromatic carbocycles. The van der Waals surface area contributed by atoms with Crippen LogP contribution in [0.25, 0.3) is 0 Å². The van der Waals surface area contributed by atoms with Gasteiger partial charge in [0.2, 0.25) is 0 Å². The fraction of sp³-hybridized carbons (Fsp3) is 0.167. The molecular formula is C6H10N3O3P. The SMILES string of the molecule is Cc1ccoc1C(=O)NP(N)(N)=O. The quantitative estimate of drug-likeness (QED) is 0.600. The Balaban J connectivity index is 2.82. The molecule has 7 heteroatoms. The Morgan fingerprint density at radius 2 is 2.23 bits per heavy atom. The third-order valence-electron chi connectivity index (χ3n) is 1.34. The summed E-state index contributed by atoms with van der Waals surface area (Å²) in [5, 5.41) is 1.94. The van der Waals surface area contributed by atoms with Crippen molar-refractivity contribution in [2.75, 3.05) is 0 Å². The Labute approximate surface area is 74.8 Å². The molecule has 1 aromatic rings. The van der Waals surface area contributed by atoms with E-state index in [0.29, 0.717) is 5.56 Å². The van der Waals surface area contributed by atoms with E-state index in [0.717, 1.165) is 0 Å². The lowest BCUT2D eigenvalue weighted by molar-refractivity contribution is 0.0952. The Morgan fingerprint density at radius 3 is 2.62 bits per heavy atom. The summed E-state index contributed by atoms with van der Waals surface area (Å²) < 4.78 is 15.6. The van der Waals surface area contributed by atoms with Gasteiger partial charge in [0.25, 0.3) is 5.91 Å². The summed E-state index contributed by atoms with van der Waals surface area (Å²) in [5.41, 5.74) is 10.5. The zero-order valence-electron chi connectivity index (χ0n) is 6.98. The number of nitrogens with one attached hydrogen (secondary N) is 1. The molecule has 0 aliphatic heterocycles. The molecule has 1 heterocycles. The lowest BCUT2D eigenvalue weighted by atomic mass is 10.3. The van der Waals surface area contributed by atoms with Gasteiger partial charge < -0.3 is 4.42 Å². The normalized spacial score (nSPS) is 11.3. The minimum atomic E-state index is -3.54. The molecule has 1 amide bonds. The van der Waals surface area contributed by atoms with E-state index in [1.807, 2.05) is 5.09 Å². The molecule has 72 valence electrons. The van der Waals surface area contributed by atoms with Crippen LogP contribution in [0.3, 0.4) is 0 Å². The standard InChI is InChI=1S/C6H10N3O3P/c1-4-2-3-12-5(4)6(10)9-13(7,8)11/h2-3H,1H3,(H5,7,8,9,10,11). The van der Waals surface area contributed by atoms with Crippen molar-refractivity contribution in [3.05, 3.63) is 23.7 Å². The summed E-state index contributed by atoms with van der Waals surface area (Å²) in [6.07, 6.45) is 1.35. The smallest absolute Gasteiger partial charge is 0.300 e. The third-order valence-corrected chi connectivity index (χ3v) is 1.90. The van der Waals surface area contributed by atoms with Crippen molar-refractivity contribution in [3.63, 3.8) is 0 Å². The second-order valence-corrected chi connectivity index (χ2v) is 4.23. The van der Waals surface area contributed by atoms with Crippen LogP contribution in [0.15, 0.2) is 16.7 Å². The van der Waals surface area contributed by atoms with Crippen molar-refractivity contribution in [1.29, 1.82) is 0 Å². The van der Waals surface area contributed by atoms with Crippen LogP contribution in [0.4, 0.5) is 0 Å². The Bertz CT molecular complexity index is 367. The van der Waals surface area contributed by atoms with Crippen molar-refractivity contribution >= 4 is 13.5 Å². The van der Waals surface area contributed by atoms with Crippen molar-refractivity contribution in [3.8, 4) is 0 Å². The highest BCUT2D eigenvalue weighted by Gasteiger charge is 2.18. The van der Waals surface area contributed by atoms with Crippen LogP contribution in [0.5, 0.6) is 0 Å². The molecular weight excluding hydrogens is 193 g/mol. The van der Waals surface area contributed by atoms with Crippen LogP contribution in [0.2, 0.25) is 0 Å². The van der Waals surface area contributed by atoms with Gasteiger partial charge in [-0.2, -0.15) is 0 Å². The van der Waals surface area contributed by atoms with E-state index in [-0.39, 0.29) is 5.76 Å². The molecule has 0 fully saturated rings. The van der Waals surface area contributed by atoms with Crippen LogP contribution in [-0.2, 0) is 4.57 Å². The molecule has 0 saturated carbocycles. The number of hydrogen-bond acceptors (Lipinski definition) is 3. The lowest BCUT2D eigenvalue weighted by Crippen LogP contribution is -2.28. The number of carbonyl (C=O) groups is 1. The maximum Gasteiger partial charge on any atom is 0.300 e. The van der Waals surface area contributed by atoms with E-state index in [9.17, 15) is 9.36 Å². The number of carbonyl (C=O) groups excluding carboxylic acids is 1. The van der Waals surface area contributed by atoms with Crippen LogP contribution in [0.1, 0.15) is 16.1 Å². The topological polar surface area (TPSA) is 111 Å². The fourth-order valence-corrected chi connectivity index (χ4v) is 1.23. The van der Waals surface area contributed by atoms with Gasteiger partial charge in [0.1, 0.15) is 0 Å². The van der Waals surface area contributed by atoms with E-state index >= 15 is 0 Å². The van der Waals surface area contributed by atoms with E-state index in [2.05, 4.69) is 0 Å². The van der Waals surface area contributed by atoms with Gasteiger partial charge in [-0.1, -0.05) is 0 Å². The number of hydrogen-bond donors (Lipinski definition) is 3. The van der Waals surface area contributed by atoms with E-state index in [1.165, 1.54) is 6.26 Å². The molecule has 0 radical (unpaired) electrons. The molecule has 0 aliphatic carbocycles. The van der Waals surface area contributed by atoms with Gasteiger partial charge in [-0.15, -0.1) is 0 Å². The summed E-state index contributed by atoms with van der Waals surface area (Å²) in [7, 11) is -3.54. The maximum atomic E-state index is 11.2. The maximum absolute atomic E-state index is 11.2.